The molecule has 1 aromatic rings. The molecule has 0 aliphatic rings. The van der Waals surface area contributed by atoms with Gasteiger partial charge in [-0.05, 0) is 12.5 Å². The first kappa shape index (κ1) is 7.79. The van der Waals surface area contributed by atoms with Crippen LogP contribution < -0.4 is 4.57 Å². The third-order valence-electron chi connectivity index (χ3n) is 1.42. The van der Waals surface area contributed by atoms with Gasteiger partial charge < -0.3 is 5.11 Å². The molecule has 0 spiro atoms. The van der Waals surface area contributed by atoms with E-state index in [1.807, 2.05) is 36.0 Å². The average Bonchev–Trinajstić information content (AvgIpc) is 1.93. The number of pyridine rings is 1. The van der Waals surface area contributed by atoms with Gasteiger partial charge in [-0.3, -0.25) is 0 Å². The molecule has 58 valence electrons. The zero-order valence-corrected chi connectivity index (χ0v) is 6.62. The van der Waals surface area contributed by atoms with Crippen molar-refractivity contribution in [1.82, 2.24) is 0 Å². The first-order valence-electron chi connectivity index (χ1n) is 3.51. The lowest BCUT2D eigenvalue weighted by Gasteiger charge is -1.94. The Bertz CT molecular complexity index is 251. The minimum Gasteiger partial charge on any atom is -0.506 e. The number of aliphatic hydroxyl groups excluding tert-OH is 1. The summed E-state index contributed by atoms with van der Waals surface area (Å²) in [7, 11) is 0. The lowest BCUT2D eigenvalue weighted by molar-refractivity contribution is -0.691. The Balaban J connectivity index is 2.74. The van der Waals surface area contributed by atoms with Crippen molar-refractivity contribution in [1.29, 1.82) is 0 Å². The van der Waals surface area contributed by atoms with Crippen molar-refractivity contribution in [2.24, 2.45) is 0 Å². The molecule has 2 heteroatoms. The van der Waals surface area contributed by atoms with Crippen LogP contribution in [-0.2, 0) is 6.54 Å². The quantitative estimate of drug-likeness (QED) is 0.499. The molecule has 2 nitrogen and oxygen atoms in total. The summed E-state index contributed by atoms with van der Waals surface area (Å²) in [6.07, 6.45) is 3.83. The number of aliphatic hydroxyl groups is 1. The van der Waals surface area contributed by atoms with E-state index in [-0.39, 0.29) is 5.76 Å². The average molecular weight is 150 g/mol. The maximum Gasteiger partial charge on any atom is 0.204 e. The maximum absolute atomic E-state index is 8.86. The van der Waals surface area contributed by atoms with Gasteiger partial charge in [-0.25, -0.2) is 0 Å². The van der Waals surface area contributed by atoms with Crippen LogP contribution in [0.25, 0.3) is 0 Å². The number of nitrogens with zero attached hydrogens (tertiary/aromatic N) is 1. The van der Waals surface area contributed by atoms with E-state index in [0.29, 0.717) is 6.54 Å². The Labute approximate surface area is 66.4 Å². The Kier molecular flexibility index (Phi) is 2.26. The normalized spacial score (nSPS) is 9.55. The van der Waals surface area contributed by atoms with E-state index in [4.69, 9.17) is 5.11 Å². The predicted octanol–water partition coefficient (Wildman–Crippen LogP) is 1.35. The number of rotatable bonds is 2. The van der Waals surface area contributed by atoms with Gasteiger partial charge in [0.2, 0.25) is 6.54 Å². The van der Waals surface area contributed by atoms with Crippen molar-refractivity contribution < 1.29 is 9.67 Å². The van der Waals surface area contributed by atoms with Crippen LogP contribution >= 0.6 is 0 Å². The summed E-state index contributed by atoms with van der Waals surface area (Å²) in [5, 5.41) is 8.86. The fourth-order valence-electron chi connectivity index (χ4n) is 0.848. The van der Waals surface area contributed by atoms with E-state index in [0.717, 1.165) is 0 Å². The molecule has 0 aromatic carbocycles. The third kappa shape index (κ3) is 2.42. The van der Waals surface area contributed by atoms with Crippen LogP contribution in [0.15, 0.2) is 36.9 Å². The fourth-order valence-corrected chi connectivity index (χ4v) is 0.848. The third-order valence-corrected chi connectivity index (χ3v) is 1.42. The molecule has 0 fully saturated rings. The number of aryl methyl sites for hydroxylation is 1. The van der Waals surface area contributed by atoms with Crippen LogP contribution in [0.3, 0.4) is 0 Å². The second-order valence-corrected chi connectivity index (χ2v) is 2.61. The summed E-state index contributed by atoms with van der Waals surface area (Å²) < 4.78 is 1.87. The molecule has 0 bridgehead atoms. The molecule has 0 aliphatic carbocycles. The highest BCUT2D eigenvalue weighted by atomic mass is 16.3. The summed E-state index contributed by atoms with van der Waals surface area (Å²) in [4.78, 5) is 0. The topological polar surface area (TPSA) is 24.1 Å². The predicted molar refractivity (Wildman–Crippen MR) is 43.1 cm³/mol. The van der Waals surface area contributed by atoms with E-state index in [2.05, 4.69) is 6.58 Å². The van der Waals surface area contributed by atoms with Crippen LogP contribution in [-0.4, -0.2) is 5.11 Å². The summed E-state index contributed by atoms with van der Waals surface area (Å²) in [6.45, 7) is 5.91. The van der Waals surface area contributed by atoms with Gasteiger partial charge in [0.15, 0.2) is 18.2 Å². The molecule has 1 rings (SSSR count). The molecular formula is C9H12NO+. The van der Waals surface area contributed by atoms with Crippen molar-refractivity contribution in [2.45, 2.75) is 13.5 Å². The monoisotopic (exact) mass is 150 g/mol. The highest BCUT2D eigenvalue weighted by Crippen LogP contribution is 1.90. The van der Waals surface area contributed by atoms with Crippen LogP contribution in [0.2, 0.25) is 0 Å². The Morgan fingerprint density at radius 3 is 2.55 bits per heavy atom. The zero-order valence-electron chi connectivity index (χ0n) is 6.62. The van der Waals surface area contributed by atoms with Crippen LogP contribution in [0, 0.1) is 6.92 Å². The van der Waals surface area contributed by atoms with Crippen LogP contribution in [0.4, 0.5) is 0 Å². The van der Waals surface area contributed by atoms with E-state index >= 15 is 0 Å². The SMILES string of the molecule is C=C(O)C[n+]1ccc(C)cc1. The highest BCUT2D eigenvalue weighted by molar-refractivity contribution is 5.03. The fraction of sp³-hybridized carbons (Fsp3) is 0.222. The molecule has 1 aromatic heterocycles. The largest absolute Gasteiger partial charge is 0.506 e. The van der Waals surface area contributed by atoms with Crippen molar-refractivity contribution in [3.8, 4) is 0 Å². The van der Waals surface area contributed by atoms with Gasteiger partial charge in [-0.1, -0.05) is 6.58 Å². The number of hydrogen-bond acceptors (Lipinski definition) is 1. The van der Waals surface area contributed by atoms with Crippen molar-refractivity contribution in [2.75, 3.05) is 0 Å². The van der Waals surface area contributed by atoms with E-state index in [9.17, 15) is 0 Å². The standard InChI is InChI=1S/C9H11NO/c1-8-3-5-10(6-4-8)7-9(2)11/h3-6H,2,7H2,1H3/p+1. The Morgan fingerprint density at radius 1 is 1.55 bits per heavy atom. The van der Waals surface area contributed by atoms with Gasteiger partial charge >= 0.3 is 0 Å². The Morgan fingerprint density at radius 2 is 2.09 bits per heavy atom. The molecule has 0 unspecified atom stereocenters. The molecule has 1 N–H and O–H groups in total. The smallest absolute Gasteiger partial charge is 0.204 e. The van der Waals surface area contributed by atoms with Gasteiger partial charge in [0.25, 0.3) is 0 Å². The molecule has 0 aliphatic heterocycles. The van der Waals surface area contributed by atoms with Gasteiger partial charge in [-0.15, -0.1) is 0 Å². The lowest BCUT2D eigenvalue weighted by Crippen LogP contribution is -2.33. The molecule has 0 saturated carbocycles. The molecule has 0 amide bonds. The molecule has 11 heavy (non-hydrogen) atoms. The van der Waals surface area contributed by atoms with E-state index < -0.39 is 0 Å². The summed E-state index contributed by atoms with van der Waals surface area (Å²) >= 11 is 0. The van der Waals surface area contributed by atoms with Gasteiger partial charge in [0.05, 0.1) is 0 Å². The van der Waals surface area contributed by atoms with Crippen molar-refractivity contribution >= 4 is 0 Å². The maximum atomic E-state index is 8.86. The molecule has 0 radical (unpaired) electrons. The van der Waals surface area contributed by atoms with Crippen LogP contribution in [0.1, 0.15) is 5.56 Å². The number of allylic oxidation sites excluding steroid dienone is 1. The minimum atomic E-state index is 0.179. The molecular weight excluding hydrogens is 138 g/mol. The first-order chi connectivity index (χ1) is 5.18. The second kappa shape index (κ2) is 3.19. The number of aromatic nitrogens is 1. The van der Waals surface area contributed by atoms with Gasteiger partial charge in [0.1, 0.15) is 0 Å². The van der Waals surface area contributed by atoms with E-state index in [1.54, 1.807) is 0 Å². The first-order valence-corrected chi connectivity index (χ1v) is 3.51. The van der Waals surface area contributed by atoms with E-state index in [1.165, 1.54) is 5.56 Å². The van der Waals surface area contributed by atoms with Gasteiger partial charge in [-0.2, -0.15) is 4.57 Å². The second-order valence-electron chi connectivity index (χ2n) is 2.61. The Hall–Kier alpha value is -1.31. The van der Waals surface area contributed by atoms with Gasteiger partial charge in [0, 0.05) is 12.1 Å². The summed E-state index contributed by atoms with van der Waals surface area (Å²) in [5.41, 5.74) is 1.21. The van der Waals surface area contributed by atoms with Crippen molar-refractivity contribution in [3.05, 3.63) is 42.4 Å². The highest BCUT2D eigenvalue weighted by Gasteiger charge is 1.99. The molecule has 1 heterocycles. The van der Waals surface area contributed by atoms with Crippen molar-refractivity contribution in [3.63, 3.8) is 0 Å². The lowest BCUT2D eigenvalue weighted by atomic mass is 10.3. The number of hydrogen-bond donors (Lipinski definition) is 1. The molecule has 0 saturated heterocycles. The zero-order chi connectivity index (χ0) is 8.27. The van der Waals surface area contributed by atoms with Crippen LogP contribution in [0.5, 0.6) is 0 Å². The summed E-state index contributed by atoms with van der Waals surface area (Å²) in [6, 6.07) is 3.98. The minimum absolute atomic E-state index is 0.179. The molecule has 0 atom stereocenters. The summed E-state index contributed by atoms with van der Waals surface area (Å²) in [5.74, 6) is 0.179.